The van der Waals surface area contributed by atoms with Gasteiger partial charge >= 0.3 is 0 Å². The maximum Gasteiger partial charge on any atom is 0.144 e. The van der Waals surface area contributed by atoms with E-state index in [1.54, 1.807) is 0 Å². The second-order valence-electron chi connectivity index (χ2n) is 5.71. The zero-order chi connectivity index (χ0) is 13.7. The molecule has 0 radical (unpaired) electrons. The van der Waals surface area contributed by atoms with Gasteiger partial charge in [0.25, 0.3) is 0 Å². The Morgan fingerprint density at radius 1 is 0.842 bits per heavy atom. The van der Waals surface area contributed by atoms with Gasteiger partial charge in [-0.15, -0.1) is 0 Å². The van der Waals surface area contributed by atoms with Crippen molar-refractivity contribution in [2.75, 3.05) is 0 Å². The third-order valence-corrected chi connectivity index (χ3v) is 3.72. The largest absolute Gasteiger partial charge is 0.410 e. The molecule has 0 heterocycles. The lowest BCUT2D eigenvalue weighted by Gasteiger charge is -2.22. The molecule has 2 heteroatoms. The Morgan fingerprint density at radius 2 is 1.37 bits per heavy atom. The minimum atomic E-state index is -1.38. The average molecular weight is 267 g/mol. The molecule has 0 aliphatic rings. The van der Waals surface area contributed by atoms with Crippen LogP contribution in [0.2, 0.25) is 19.6 Å². The van der Waals surface area contributed by atoms with Crippen LogP contribution in [0, 0.1) is 0 Å². The standard InChI is InChI=1S/C17H21NSi/c1-19(2,3)18-17(16-12-8-5-9-13-16)14-15-10-6-4-7-11-15/h4-14,18H,1-3H3/b17-14+. The van der Waals surface area contributed by atoms with Gasteiger partial charge in [-0.3, -0.25) is 0 Å². The first-order chi connectivity index (χ1) is 9.04. The number of hydrogen-bond acceptors (Lipinski definition) is 1. The van der Waals surface area contributed by atoms with Crippen LogP contribution < -0.4 is 4.98 Å². The van der Waals surface area contributed by atoms with Crippen LogP contribution in [-0.4, -0.2) is 8.24 Å². The molecule has 19 heavy (non-hydrogen) atoms. The summed E-state index contributed by atoms with van der Waals surface area (Å²) in [4.78, 5) is 3.72. The van der Waals surface area contributed by atoms with E-state index >= 15 is 0 Å². The van der Waals surface area contributed by atoms with Gasteiger partial charge < -0.3 is 4.98 Å². The van der Waals surface area contributed by atoms with Gasteiger partial charge in [-0.25, -0.2) is 0 Å². The van der Waals surface area contributed by atoms with Crippen molar-refractivity contribution in [1.29, 1.82) is 0 Å². The molecule has 2 aromatic rings. The van der Waals surface area contributed by atoms with Gasteiger partial charge in [-0.1, -0.05) is 80.3 Å². The second kappa shape index (κ2) is 5.89. The zero-order valence-corrected chi connectivity index (χ0v) is 12.9. The molecule has 0 spiro atoms. The Hall–Kier alpha value is -1.80. The van der Waals surface area contributed by atoms with Gasteiger partial charge in [0.15, 0.2) is 0 Å². The van der Waals surface area contributed by atoms with Gasteiger partial charge in [0, 0.05) is 5.70 Å². The molecule has 0 fully saturated rings. The molecule has 0 aliphatic carbocycles. The van der Waals surface area contributed by atoms with Gasteiger partial charge in [0.05, 0.1) is 0 Å². The van der Waals surface area contributed by atoms with Crippen molar-refractivity contribution in [3.63, 3.8) is 0 Å². The summed E-state index contributed by atoms with van der Waals surface area (Å²) in [6, 6.07) is 21.0. The summed E-state index contributed by atoms with van der Waals surface area (Å²) in [6.07, 6.45) is 2.23. The molecule has 0 unspecified atom stereocenters. The van der Waals surface area contributed by atoms with Gasteiger partial charge in [-0.05, 0) is 17.2 Å². The molecule has 1 N–H and O–H groups in total. The second-order valence-corrected chi connectivity index (χ2v) is 10.5. The fourth-order valence-corrected chi connectivity index (χ4v) is 2.95. The molecule has 2 aromatic carbocycles. The summed E-state index contributed by atoms with van der Waals surface area (Å²) >= 11 is 0. The van der Waals surface area contributed by atoms with E-state index in [0.29, 0.717) is 0 Å². The molecule has 98 valence electrons. The molecule has 0 atom stereocenters. The van der Waals surface area contributed by atoms with E-state index in [9.17, 15) is 0 Å². The Kier molecular flexibility index (Phi) is 4.22. The van der Waals surface area contributed by atoms with E-state index in [-0.39, 0.29) is 0 Å². The number of rotatable bonds is 4. The van der Waals surface area contributed by atoms with Crippen LogP contribution in [0.25, 0.3) is 11.8 Å². The first kappa shape index (κ1) is 13.6. The van der Waals surface area contributed by atoms with Gasteiger partial charge in [0.1, 0.15) is 8.24 Å². The molecule has 0 amide bonds. The Bertz CT molecular complexity index is 538. The van der Waals surface area contributed by atoms with Crippen molar-refractivity contribution in [3.05, 3.63) is 71.8 Å². The van der Waals surface area contributed by atoms with E-state index in [4.69, 9.17) is 0 Å². The zero-order valence-electron chi connectivity index (χ0n) is 11.9. The van der Waals surface area contributed by atoms with Crippen molar-refractivity contribution in [1.82, 2.24) is 4.98 Å². The van der Waals surface area contributed by atoms with Gasteiger partial charge in [-0.2, -0.15) is 0 Å². The fourth-order valence-electron chi connectivity index (χ4n) is 1.93. The highest BCUT2D eigenvalue weighted by atomic mass is 28.3. The lowest BCUT2D eigenvalue weighted by Crippen LogP contribution is -2.39. The summed E-state index contributed by atoms with van der Waals surface area (Å²) in [5.74, 6) is 0. The monoisotopic (exact) mass is 267 g/mol. The highest BCUT2D eigenvalue weighted by molar-refractivity contribution is 6.74. The maximum absolute atomic E-state index is 3.72. The number of hydrogen-bond donors (Lipinski definition) is 1. The highest BCUT2D eigenvalue weighted by Crippen LogP contribution is 2.17. The number of benzene rings is 2. The SMILES string of the molecule is C[Si](C)(C)N/C(=C/c1ccccc1)c1ccccc1. The molecule has 2 rings (SSSR count). The quantitative estimate of drug-likeness (QED) is 0.630. The van der Waals surface area contributed by atoms with E-state index in [1.807, 2.05) is 6.07 Å². The fraction of sp³-hybridized carbons (Fsp3) is 0.176. The molecule has 0 bridgehead atoms. The van der Waals surface area contributed by atoms with E-state index < -0.39 is 8.24 Å². The predicted octanol–water partition coefficient (Wildman–Crippen LogP) is 4.61. The normalized spacial score (nSPS) is 12.3. The summed E-state index contributed by atoms with van der Waals surface area (Å²) in [7, 11) is -1.38. The van der Waals surface area contributed by atoms with Crippen molar-refractivity contribution in [2.24, 2.45) is 0 Å². The molecule has 0 aliphatic heterocycles. The molecule has 0 aromatic heterocycles. The van der Waals surface area contributed by atoms with Crippen LogP contribution in [-0.2, 0) is 0 Å². The van der Waals surface area contributed by atoms with Crippen molar-refractivity contribution >= 4 is 20.0 Å². The Labute approximate surface area is 117 Å². The smallest absolute Gasteiger partial charge is 0.144 e. The van der Waals surface area contributed by atoms with Crippen molar-refractivity contribution in [3.8, 4) is 0 Å². The summed E-state index contributed by atoms with van der Waals surface area (Å²) in [6.45, 7) is 6.94. The average Bonchev–Trinajstić information content (AvgIpc) is 2.39. The van der Waals surface area contributed by atoms with Crippen LogP contribution in [0.3, 0.4) is 0 Å². The first-order valence-electron chi connectivity index (χ1n) is 6.65. The minimum absolute atomic E-state index is 1.21. The van der Waals surface area contributed by atoms with E-state index in [1.165, 1.54) is 16.8 Å². The molecular weight excluding hydrogens is 246 g/mol. The van der Waals surface area contributed by atoms with Crippen molar-refractivity contribution in [2.45, 2.75) is 19.6 Å². The van der Waals surface area contributed by atoms with Crippen LogP contribution in [0.1, 0.15) is 11.1 Å². The van der Waals surface area contributed by atoms with Crippen LogP contribution in [0.5, 0.6) is 0 Å². The maximum atomic E-state index is 3.72. The van der Waals surface area contributed by atoms with E-state index in [2.05, 4.69) is 85.3 Å². The topological polar surface area (TPSA) is 12.0 Å². The van der Waals surface area contributed by atoms with Crippen LogP contribution in [0.4, 0.5) is 0 Å². The summed E-state index contributed by atoms with van der Waals surface area (Å²) in [5, 5.41) is 0. The first-order valence-corrected chi connectivity index (χ1v) is 10.1. The van der Waals surface area contributed by atoms with E-state index in [0.717, 1.165) is 0 Å². The molecule has 0 saturated heterocycles. The predicted molar refractivity (Wildman–Crippen MR) is 87.2 cm³/mol. The van der Waals surface area contributed by atoms with Crippen molar-refractivity contribution < 1.29 is 0 Å². The van der Waals surface area contributed by atoms with Crippen LogP contribution in [0.15, 0.2) is 60.7 Å². The minimum Gasteiger partial charge on any atom is -0.410 e. The summed E-state index contributed by atoms with van der Waals surface area (Å²) in [5.41, 5.74) is 3.69. The highest BCUT2D eigenvalue weighted by Gasteiger charge is 2.15. The molecule has 0 saturated carbocycles. The lowest BCUT2D eigenvalue weighted by molar-refractivity contribution is 1.28. The van der Waals surface area contributed by atoms with Crippen LogP contribution >= 0.6 is 0 Å². The third-order valence-electron chi connectivity index (χ3n) is 2.71. The Balaban J connectivity index is 2.38. The Morgan fingerprint density at radius 3 is 1.89 bits per heavy atom. The van der Waals surface area contributed by atoms with Gasteiger partial charge in [0.2, 0.25) is 0 Å². The molecular formula is C17H21NSi. The number of nitrogens with one attached hydrogen (secondary N) is 1. The molecule has 1 nitrogen and oxygen atoms in total. The lowest BCUT2D eigenvalue weighted by atomic mass is 10.1. The third kappa shape index (κ3) is 4.41. The summed E-state index contributed by atoms with van der Waals surface area (Å²) < 4.78 is 0.